The molecule has 0 spiro atoms. The van der Waals surface area contributed by atoms with Crippen molar-refractivity contribution in [3.63, 3.8) is 0 Å². The van der Waals surface area contributed by atoms with Gasteiger partial charge in [-0.15, -0.1) is 0 Å². The molecule has 130 valence electrons. The van der Waals surface area contributed by atoms with E-state index in [1.165, 1.54) is 18.2 Å². The van der Waals surface area contributed by atoms with Crippen molar-refractivity contribution in [3.8, 4) is 0 Å². The Morgan fingerprint density at radius 1 is 1.30 bits per heavy atom. The lowest BCUT2D eigenvalue weighted by Crippen LogP contribution is -2.34. The molecule has 23 heavy (non-hydrogen) atoms. The summed E-state index contributed by atoms with van der Waals surface area (Å²) in [5, 5.41) is 12.2. The Morgan fingerprint density at radius 3 is 2.39 bits per heavy atom. The van der Waals surface area contributed by atoms with Gasteiger partial charge in [0.25, 0.3) is 0 Å². The molecule has 3 N–H and O–H groups in total. The Hall–Kier alpha value is -1.60. The molecular weight excluding hydrogens is 316 g/mol. The molecule has 0 aliphatic carbocycles. The first-order valence-electron chi connectivity index (χ1n) is 7.64. The van der Waals surface area contributed by atoms with Gasteiger partial charge in [0.1, 0.15) is 4.90 Å². The summed E-state index contributed by atoms with van der Waals surface area (Å²) < 4.78 is 27.9. The highest BCUT2D eigenvalue weighted by Crippen LogP contribution is 2.26. The molecule has 0 fully saturated rings. The molecule has 7 heteroatoms. The number of carboxylic acids is 1. The number of hydrogen-bond acceptors (Lipinski definition) is 4. The van der Waals surface area contributed by atoms with Crippen LogP contribution in [0.25, 0.3) is 0 Å². The first-order valence-corrected chi connectivity index (χ1v) is 9.12. The Morgan fingerprint density at radius 2 is 1.91 bits per heavy atom. The second-order valence-electron chi connectivity index (χ2n) is 6.70. The van der Waals surface area contributed by atoms with E-state index < -0.39 is 16.0 Å². The number of benzene rings is 1. The summed E-state index contributed by atoms with van der Waals surface area (Å²) in [4.78, 5) is 11.1. The van der Waals surface area contributed by atoms with E-state index in [9.17, 15) is 13.2 Å². The van der Waals surface area contributed by atoms with Crippen LogP contribution in [0.15, 0.2) is 23.1 Å². The number of nitrogens with one attached hydrogen (secondary N) is 2. The van der Waals surface area contributed by atoms with Crippen LogP contribution in [-0.4, -0.2) is 31.1 Å². The van der Waals surface area contributed by atoms with Gasteiger partial charge in [-0.2, -0.15) is 0 Å². The molecule has 0 heterocycles. The quantitative estimate of drug-likeness (QED) is 0.708. The zero-order valence-electron chi connectivity index (χ0n) is 14.3. The molecule has 0 amide bonds. The van der Waals surface area contributed by atoms with Crippen molar-refractivity contribution in [2.75, 3.05) is 5.32 Å². The summed E-state index contributed by atoms with van der Waals surface area (Å²) in [5.74, 6) is -1.16. The standard InChI is InChI=1S/C16H26N2O4S/c1-6-7-11(2)18-23(21,22)14-10-12(15(19)20)8-9-13(14)17-16(3,4)5/h8-11,17-18H,6-7H2,1-5H3,(H,19,20)/t11-/m1/s1. The monoisotopic (exact) mass is 342 g/mol. The smallest absolute Gasteiger partial charge is 0.335 e. The predicted molar refractivity (Wildman–Crippen MR) is 91.5 cm³/mol. The van der Waals surface area contributed by atoms with Crippen LogP contribution in [0.2, 0.25) is 0 Å². The van der Waals surface area contributed by atoms with E-state index in [4.69, 9.17) is 5.11 Å². The molecule has 0 saturated heterocycles. The molecule has 6 nitrogen and oxygen atoms in total. The Bertz CT molecular complexity index is 663. The van der Waals surface area contributed by atoms with E-state index in [0.29, 0.717) is 12.1 Å². The van der Waals surface area contributed by atoms with E-state index >= 15 is 0 Å². The van der Waals surface area contributed by atoms with E-state index in [1.54, 1.807) is 6.92 Å². The third-order valence-corrected chi connectivity index (χ3v) is 4.74. The van der Waals surface area contributed by atoms with Gasteiger partial charge in [-0.25, -0.2) is 17.9 Å². The highest BCUT2D eigenvalue weighted by atomic mass is 32.2. The highest BCUT2D eigenvalue weighted by Gasteiger charge is 2.24. The molecule has 0 aliphatic rings. The zero-order valence-corrected chi connectivity index (χ0v) is 15.1. The van der Waals surface area contributed by atoms with Crippen LogP contribution in [0, 0.1) is 0 Å². The SMILES string of the molecule is CCC[C@@H](C)NS(=O)(=O)c1cc(C(=O)O)ccc1NC(C)(C)C. The molecule has 1 atom stereocenters. The summed E-state index contributed by atoms with van der Waals surface area (Å²) in [6.07, 6.45) is 1.56. The average molecular weight is 342 g/mol. The van der Waals surface area contributed by atoms with E-state index in [2.05, 4.69) is 10.0 Å². The number of carbonyl (C=O) groups is 1. The van der Waals surface area contributed by atoms with Gasteiger partial charge in [0.15, 0.2) is 0 Å². The fraction of sp³-hybridized carbons (Fsp3) is 0.562. The lowest BCUT2D eigenvalue weighted by atomic mass is 10.1. The maximum Gasteiger partial charge on any atom is 0.335 e. The summed E-state index contributed by atoms with van der Waals surface area (Å²) >= 11 is 0. The van der Waals surface area contributed by atoms with Crippen LogP contribution in [0.4, 0.5) is 5.69 Å². The molecular formula is C16H26N2O4S. The van der Waals surface area contributed by atoms with Gasteiger partial charge in [-0.1, -0.05) is 13.3 Å². The Balaban J connectivity index is 3.33. The molecule has 0 saturated carbocycles. The second-order valence-corrected chi connectivity index (χ2v) is 8.38. The third-order valence-electron chi connectivity index (χ3n) is 3.11. The Kier molecular flexibility index (Phi) is 6.18. The minimum atomic E-state index is -3.82. The predicted octanol–water partition coefficient (Wildman–Crippen LogP) is 3.06. The van der Waals surface area contributed by atoms with Crippen molar-refractivity contribution in [1.29, 1.82) is 0 Å². The molecule has 0 bridgehead atoms. The van der Waals surface area contributed by atoms with Crippen molar-refractivity contribution in [2.45, 2.75) is 63.9 Å². The zero-order chi connectivity index (χ0) is 17.8. The molecule has 0 aliphatic heterocycles. The molecule has 0 aromatic heterocycles. The maximum atomic E-state index is 12.7. The van der Waals surface area contributed by atoms with Gasteiger partial charge in [0, 0.05) is 11.6 Å². The van der Waals surface area contributed by atoms with E-state index in [1.807, 2.05) is 27.7 Å². The minimum absolute atomic E-state index is 0.0460. The average Bonchev–Trinajstić information content (AvgIpc) is 2.36. The maximum absolute atomic E-state index is 12.7. The Labute approximate surface area is 138 Å². The fourth-order valence-corrected chi connectivity index (χ4v) is 3.67. The van der Waals surface area contributed by atoms with Crippen molar-refractivity contribution in [1.82, 2.24) is 4.72 Å². The topological polar surface area (TPSA) is 95.5 Å². The number of sulfonamides is 1. The molecule has 1 aromatic rings. The first kappa shape index (κ1) is 19.4. The largest absolute Gasteiger partial charge is 0.478 e. The highest BCUT2D eigenvalue weighted by molar-refractivity contribution is 7.89. The fourth-order valence-electron chi connectivity index (χ4n) is 2.21. The van der Waals surface area contributed by atoms with Gasteiger partial charge < -0.3 is 10.4 Å². The summed E-state index contributed by atoms with van der Waals surface area (Å²) in [5.41, 5.74) is -0.0315. The second kappa shape index (κ2) is 7.31. The minimum Gasteiger partial charge on any atom is -0.478 e. The summed E-state index contributed by atoms with van der Waals surface area (Å²) in [7, 11) is -3.82. The number of aromatic carboxylic acids is 1. The molecule has 1 aromatic carbocycles. The lowest BCUT2D eigenvalue weighted by molar-refractivity contribution is 0.0696. The van der Waals surface area contributed by atoms with Gasteiger partial charge in [0.05, 0.1) is 11.3 Å². The summed E-state index contributed by atoms with van der Waals surface area (Å²) in [6, 6.07) is 3.86. The van der Waals surface area contributed by atoms with Crippen molar-refractivity contribution in [2.24, 2.45) is 0 Å². The number of hydrogen-bond donors (Lipinski definition) is 3. The van der Waals surface area contributed by atoms with E-state index in [0.717, 1.165) is 6.42 Å². The van der Waals surface area contributed by atoms with Crippen LogP contribution in [0.5, 0.6) is 0 Å². The van der Waals surface area contributed by atoms with Gasteiger partial charge in [0.2, 0.25) is 10.0 Å². The lowest BCUT2D eigenvalue weighted by Gasteiger charge is -2.25. The molecule has 0 unspecified atom stereocenters. The van der Waals surface area contributed by atoms with Gasteiger partial charge in [-0.05, 0) is 52.3 Å². The van der Waals surface area contributed by atoms with Crippen molar-refractivity contribution >= 4 is 21.7 Å². The van der Waals surface area contributed by atoms with Crippen LogP contribution < -0.4 is 10.0 Å². The number of anilines is 1. The van der Waals surface area contributed by atoms with Crippen LogP contribution in [-0.2, 0) is 10.0 Å². The van der Waals surface area contributed by atoms with Crippen molar-refractivity contribution < 1.29 is 18.3 Å². The molecule has 1 rings (SSSR count). The van der Waals surface area contributed by atoms with Gasteiger partial charge >= 0.3 is 5.97 Å². The van der Waals surface area contributed by atoms with Crippen molar-refractivity contribution in [3.05, 3.63) is 23.8 Å². The first-order chi connectivity index (χ1) is 10.5. The number of carboxylic acid groups (broad SMARTS) is 1. The third kappa shape index (κ3) is 5.84. The molecule has 0 radical (unpaired) electrons. The van der Waals surface area contributed by atoms with Crippen LogP contribution in [0.1, 0.15) is 57.8 Å². The van der Waals surface area contributed by atoms with Crippen LogP contribution in [0.3, 0.4) is 0 Å². The summed E-state index contributed by atoms with van der Waals surface area (Å²) in [6.45, 7) is 9.48. The number of rotatable bonds is 7. The van der Waals surface area contributed by atoms with Crippen LogP contribution >= 0.6 is 0 Å². The van der Waals surface area contributed by atoms with Gasteiger partial charge in [-0.3, -0.25) is 0 Å². The van der Waals surface area contributed by atoms with E-state index in [-0.39, 0.29) is 22.0 Å². The normalized spacial score (nSPS) is 13.6.